The zero-order chi connectivity index (χ0) is 22.2. The Morgan fingerprint density at radius 3 is 2.48 bits per heavy atom. The molecular weight excluding hydrogens is 451 g/mol. The maximum atomic E-state index is 13.3. The van der Waals surface area contributed by atoms with E-state index >= 15 is 0 Å². The number of aromatic nitrogens is 2. The van der Waals surface area contributed by atoms with Crippen molar-refractivity contribution in [3.05, 3.63) is 70.9 Å². The van der Waals surface area contributed by atoms with Crippen LogP contribution in [0, 0.1) is 0 Å². The zero-order valence-corrected chi connectivity index (χ0v) is 17.4. The lowest BCUT2D eigenvalue weighted by atomic mass is 10.1. The minimum absolute atomic E-state index is 0.0757. The first kappa shape index (κ1) is 21.5. The highest BCUT2D eigenvalue weighted by Gasteiger charge is 2.35. The van der Waals surface area contributed by atoms with Crippen LogP contribution in [-0.2, 0) is 11.0 Å². The van der Waals surface area contributed by atoms with Crippen LogP contribution in [0.1, 0.15) is 22.5 Å². The lowest BCUT2D eigenvalue weighted by Crippen LogP contribution is -2.37. The van der Waals surface area contributed by atoms with Gasteiger partial charge >= 0.3 is 6.18 Å². The van der Waals surface area contributed by atoms with Crippen LogP contribution in [-0.4, -0.2) is 32.6 Å². The van der Waals surface area contributed by atoms with E-state index in [1.54, 1.807) is 24.3 Å². The summed E-state index contributed by atoms with van der Waals surface area (Å²) in [5.41, 5.74) is 0.144. The van der Waals surface area contributed by atoms with Gasteiger partial charge in [-0.15, -0.1) is 0 Å². The number of rotatable bonds is 4. The van der Waals surface area contributed by atoms with Gasteiger partial charge in [0.05, 0.1) is 22.4 Å². The average Bonchev–Trinajstić information content (AvgIpc) is 3.35. The van der Waals surface area contributed by atoms with Crippen molar-refractivity contribution in [1.29, 1.82) is 0 Å². The Morgan fingerprint density at radius 1 is 1.16 bits per heavy atom. The van der Waals surface area contributed by atoms with Gasteiger partial charge in [0.15, 0.2) is 5.69 Å². The van der Waals surface area contributed by atoms with E-state index in [0.717, 1.165) is 10.7 Å². The van der Waals surface area contributed by atoms with E-state index in [1.165, 1.54) is 36.0 Å². The fourth-order valence-electron chi connectivity index (χ4n) is 3.19. The molecule has 1 N–H and O–H groups in total. The lowest BCUT2D eigenvalue weighted by Gasteiger charge is -2.11. The van der Waals surface area contributed by atoms with Crippen molar-refractivity contribution in [2.24, 2.45) is 0 Å². The first-order valence-corrected chi connectivity index (χ1v) is 10.6. The fraction of sp³-hybridized carbons (Fsp3) is 0.190. The Bertz CT molecular complexity index is 1150. The summed E-state index contributed by atoms with van der Waals surface area (Å²) in [6.45, 7) is 0. The van der Waals surface area contributed by atoms with E-state index in [4.69, 9.17) is 11.6 Å². The van der Waals surface area contributed by atoms with Gasteiger partial charge in [-0.1, -0.05) is 47.6 Å². The molecule has 1 atom stereocenters. The zero-order valence-electron chi connectivity index (χ0n) is 15.8. The summed E-state index contributed by atoms with van der Waals surface area (Å²) >= 11 is 7.36. The largest absolute Gasteiger partial charge is 0.435 e. The molecule has 31 heavy (non-hydrogen) atoms. The summed E-state index contributed by atoms with van der Waals surface area (Å²) < 4.78 is 41.1. The van der Waals surface area contributed by atoms with Crippen LogP contribution >= 0.6 is 23.4 Å². The smallest absolute Gasteiger partial charge is 0.341 e. The molecule has 1 amide bonds. The maximum Gasteiger partial charge on any atom is 0.435 e. The summed E-state index contributed by atoms with van der Waals surface area (Å²) in [5.74, 6) is 0.249. The molecule has 0 spiro atoms. The second-order valence-corrected chi connectivity index (χ2v) is 8.34. The molecule has 4 rings (SSSR count). The number of nitrogens with zero attached hydrogens (tertiary/aromatic N) is 2. The van der Waals surface area contributed by atoms with Crippen LogP contribution in [0.2, 0.25) is 5.02 Å². The molecule has 160 valence electrons. The molecule has 0 bridgehead atoms. The standard InChI is InChI=1S/C21H15ClF3N3O2S/c22-14-3-1-2-4-16(14)28-17(11-18(27-28)21(23,24)25)12-5-7-13(8-6-12)19(29)26-15-9-10-31-20(15)30/h1-8,11,15H,9-10H2,(H,26,29). The van der Waals surface area contributed by atoms with Crippen LogP contribution in [0.4, 0.5) is 13.2 Å². The Kier molecular flexibility index (Phi) is 5.81. The molecule has 1 fully saturated rings. The van der Waals surface area contributed by atoms with Gasteiger partial charge in [0.1, 0.15) is 0 Å². The molecule has 1 aromatic heterocycles. The second-order valence-electron chi connectivity index (χ2n) is 6.84. The number of alkyl halides is 3. The van der Waals surface area contributed by atoms with Crippen molar-refractivity contribution in [3.63, 3.8) is 0 Å². The number of para-hydroxylation sites is 1. The third-order valence-electron chi connectivity index (χ3n) is 4.76. The molecule has 1 saturated heterocycles. The van der Waals surface area contributed by atoms with E-state index in [-0.39, 0.29) is 15.8 Å². The van der Waals surface area contributed by atoms with Gasteiger partial charge in [0, 0.05) is 16.9 Å². The number of nitrogens with one attached hydrogen (secondary N) is 1. The third-order valence-corrected chi connectivity index (χ3v) is 6.09. The summed E-state index contributed by atoms with van der Waals surface area (Å²) in [7, 11) is 0. The highest BCUT2D eigenvalue weighted by molar-refractivity contribution is 8.14. The summed E-state index contributed by atoms with van der Waals surface area (Å²) in [6.07, 6.45) is -4.06. The van der Waals surface area contributed by atoms with Crippen LogP contribution in [0.25, 0.3) is 16.9 Å². The Hall–Kier alpha value is -2.78. The number of hydrogen-bond donors (Lipinski definition) is 1. The van der Waals surface area contributed by atoms with Crippen LogP contribution < -0.4 is 5.32 Å². The number of thioether (sulfide) groups is 1. The SMILES string of the molecule is O=C(NC1CCSC1=O)c1ccc(-c2cc(C(F)(F)F)nn2-c2ccccc2Cl)cc1. The Balaban J connectivity index is 1.67. The quantitative estimate of drug-likeness (QED) is 0.590. The van der Waals surface area contributed by atoms with E-state index < -0.39 is 23.8 Å². The predicted octanol–water partition coefficient (Wildman–Crippen LogP) is 4.97. The number of carbonyl (C=O) groups excluding carboxylic acids is 2. The number of carbonyl (C=O) groups is 2. The topological polar surface area (TPSA) is 64.0 Å². The third kappa shape index (κ3) is 4.47. The molecule has 0 aliphatic carbocycles. The molecule has 10 heteroatoms. The average molecular weight is 466 g/mol. The fourth-order valence-corrected chi connectivity index (χ4v) is 4.34. The maximum absolute atomic E-state index is 13.3. The second kappa shape index (κ2) is 8.39. The summed E-state index contributed by atoms with van der Waals surface area (Å²) in [4.78, 5) is 24.1. The van der Waals surface area contributed by atoms with Gasteiger partial charge in [-0.05, 0) is 36.8 Å². The molecule has 2 aromatic carbocycles. The minimum atomic E-state index is -4.63. The highest BCUT2D eigenvalue weighted by Crippen LogP contribution is 2.34. The molecule has 1 aliphatic rings. The number of halogens is 4. The van der Waals surface area contributed by atoms with Crippen molar-refractivity contribution in [3.8, 4) is 16.9 Å². The highest BCUT2D eigenvalue weighted by atomic mass is 35.5. The normalized spacial score (nSPS) is 16.5. The first-order chi connectivity index (χ1) is 14.7. The number of benzene rings is 2. The van der Waals surface area contributed by atoms with Crippen LogP contribution in [0.5, 0.6) is 0 Å². The van der Waals surface area contributed by atoms with E-state index in [0.29, 0.717) is 29.0 Å². The lowest BCUT2D eigenvalue weighted by molar-refractivity contribution is -0.141. The number of amides is 1. The molecular formula is C21H15ClF3N3O2S. The van der Waals surface area contributed by atoms with E-state index in [9.17, 15) is 22.8 Å². The van der Waals surface area contributed by atoms with E-state index in [2.05, 4.69) is 10.4 Å². The van der Waals surface area contributed by atoms with Gasteiger partial charge in [-0.3, -0.25) is 9.59 Å². The van der Waals surface area contributed by atoms with E-state index in [1.807, 2.05) is 0 Å². The monoisotopic (exact) mass is 465 g/mol. The predicted molar refractivity (Wildman–Crippen MR) is 112 cm³/mol. The van der Waals surface area contributed by atoms with Crippen molar-refractivity contribution < 1.29 is 22.8 Å². The Morgan fingerprint density at radius 2 is 1.87 bits per heavy atom. The van der Waals surface area contributed by atoms with Crippen molar-refractivity contribution in [1.82, 2.24) is 15.1 Å². The molecule has 3 aromatic rings. The van der Waals surface area contributed by atoms with Crippen LogP contribution in [0.3, 0.4) is 0 Å². The molecule has 2 heterocycles. The Labute approximate surface area is 184 Å². The van der Waals surface area contributed by atoms with Gasteiger partial charge in [0.25, 0.3) is 5.91 Å². The van der Waals surface area contributed by atoms with Crippen LogP contribution in [0.15, 0.2) is 54.6 Å². The van der Waals surface area contributed by atoms with Gasteiger partial charge in [-0.25, -0.2) is 4.68 Å². The van der Waals surface area contributed by atoms with Gasteiger partial charge < -0.3 is 5.32 Å². The molecule has 5 nitrogen and oxygen atoms in total. The molecule has 1 unspecified atom stereocenters. The van der Waals surface area contributed by atoms with Crippen molar-refractivity contribution in [2.75, 3.05) is 5.75 Å². The van der Waals surface area contributed by atoms with Gasteiger partial charge in [-0.2, -0.15) is 18.3 Å². The molecule has 0 radical (unpaired) electrons. The number of hydrogen-bond acceptors (Lipinski definition) is 4. The summed E-state index contributed by atoms with van der Waals surface area (Å²) in [6, 6.07) is 12.9. The van der Waals surface area contributed by atoms with Crippen molar-refractivity contribution in [2.45, 2.75) is 18.6 Å². The first-order valence-electron chi connectivity index (χ1n) is 9.24. The minimum Gasteiger partial charge on any atom is -0.341 e. The summed E-state index contributed by atoms with van der Waals surface area (Å²) in [5, 5.41) is 6.56. The van der Waals surface area contributed by atoms with Gasteiger partial charge in [0.2, 0.25) is 5.12 Å². The van der Waals surface area contributed by atoms with Crippen molar-refractivity contribution >= 4 is 34.4 Å². The molecule has 0 saturated carbocycles. The molecule has 1 aliphatic heterocycles.